The summed E-state index contributed by atoms with van der Waals surface area (Å²) in [6.45, 7) is 14.8. The Labute approximate surface area is 151 Å². The van der Waals surface area contributed by atoms with Crippen molar-refractivity contribution >= 4 is 17.4 Å². The van der Waals surface area contributed by atoms with Gasteiger partial charge in [0.2, 0.25) is 5.91 Å². The van der Waals surface area contributed by atoms with Crippen LogP contribution in [0.5, 0.6) is 0 Å². The van der Waals surface area contributed by atoms with Crippen molar-refractivity contribution in [3.63, 3.8) is 0 Å². The molecular weight excluding hydrogens is 312 g/mol. The molecule has 0 unspecified atom stereocenters. The van der Waals surface area contributed by atoms with E-state index < -0.39 is 0 Å². The number of amides is 1. The molecule has 0 aliphatic carbocycles. The molecule has 5 heteroatoms. The predicted octanol–water partition coefficient (Wildman–Crippen LogP) is 3.36. The number of fused-ring (bicyclic) bond motifs is 1. The number of carbonyl (C=O) groups excluding carboxylic acids is 1. The third-order valence-electron chi connectivity index (χ3n) is 5.25. The van der Waals surface area contributed by atoms with Gasteiger partial charge in [-0.15, -0.1) is 0 Å². The van der Waals surface area contributed by atoms with E-state index in [0.717, 1.165) is 42.4 Å². The minimum atomic E-state index is -0.0137. The lowest BCUT2D eigenvalue weighted by Crippen LogP contribution is -2.50. The zero-order chi connectivity index (χ0) is 18.2. The fourth-order valence-electron chi connectivity index (χ4n) is 4.03. The first-order chi connectivity index (χ1) is 11.7. The number of hydrogen-bond acceptors (Lipinski definition) is 4. The Balaban J connectivity index is 1.73. The van der Waals surface area contributed by atoms with Crippen molar-refractivity contribution in [1.82, 2.24) is 9.88 Å². The number of aromatic nitrogens is 1. The molecule has 3 rings (SSSR count). The van der Waals surface area contributed by atoms with Gasteiger partial charge in [0, 0.05) is 32.1 Å². The average Bonchev–Trinajstić information content (AvgIpc) is 2.96. The van der Waals surface area contributed by atoms with Gasteiger partial charge in [0.1, 0.15) is 5.82 Å². The van der Waals surface area contributed by atoms with Gasteiger partial charge in [-0.25, -0.2) is 4.98 Å². The quantitative estimate of drug-likeness (QED) is 0.913. The molecule has 1 atom stereocenters. The van der Waals surface area contributed by atoms with E-state index in [1.807, 2.05) is 6.92 Å². The van der Waals surface area contributed by atoms with Gasteiger partial charge in [-0.05, 0) is 50.3 Å². The smallest absolute Gasteiger partial charge is 0.224 e. The first-order valence-corrected chi connectivity index (χ1v) is 9.50. The fraction of sp³-hybridized carbons (Fsp3) is 0.700. The Morgan fingerprint density at radius 1 is 1.28 bits per heavy atom. The summed E-state index contributed by atoms with van der Waals surface area (Å²) in [4.78, 5) is 22.1. The SMILES string of the molecule is Cc1cc(N2CCN3CCC[C@H]3C2)nc(C)c1NC(=O)CC(C)(C)C. The van der Waals surface area contributed by atoms with Crippen LogP contribution >= 0.6 is 0 Å². The number of nitrogens with one attached hydrogen (secondary N) is 1. The van der Waals surface area contributed by atoms with E-state index in [2.05, 4.69) is 48.9 Å². The van der Waals surface area contributed by atoms with Gasteiger partial charge in [0.05, 0.1) is 11.4 Å². The van der Waals surface area contributed by atoms with Crippen LogP contribution in [0.2, 0.25) is 0 Å². The highest BCUT2D eigenvalue weighted by Gasteiger charge is 2.31. The van der Waals surface area contributed by atoms with Crippen LogP contribution in [0.4, 0.5) is 11.5 Å². The number of carbonyl (C=O) groups is 1. The zero-order valence-electron chi connectivity index (χ0n) is 16.4. The molecule has 1 amide bonds. The topological polar surface area (TPSA) is 48.5 Å². The van der Waals surface area contributed by atoms with Gasteiger partial charge in [-0.1, -0.05) is 20.8 Å². The van der Waals surface area contributed by atoms with Gasteiger partial charge in [0.25, 0.3) is 0 Å². The van der Waals surface area contributed by atoms with Crippen molar-refractivity contribution in [3.8, 4) is 0 Å². The highest BCUT2D eigenvalue weighted by atomic mass is 16.1. The molecule has 0 saturated carbocycles. The van der Waals surface area contributed by atoms with Crippen molar-refractivity contribution in [2.75, 3.05) is 36.4 Å². The van der Waals surface area contributed by atoms with Crippen molar-refractivity contribution in [1.29, 1.82) is 0 Å². The second kappa shape index (κ2) is 6.94. The minimum Gasteiger partial charge on any atom is -0.354 e. The first-order valence-electron chi connectivity index (χ1n) is 9.50. The Kier molecular flexibility index (Phi) is 5.05. The molecular formula is C20H32N4O. The summed E-state index contributed by atoms with van der Waals surface area (Å²) in [5.74, 6) is 1.11. The lowest BCUT2D eigenvalue weighted by atomic mass is 9.92. The van der Waals surface area contributed by atoms with E-state index in [1.54, 1.807) is 0 Å². The maximum atomic E-state index is 12.3. The van der Waals surface area contributed by atoms with Gasteiger partial charge in [-0.2, -0.15) is 0 Å². The molecule has 25 heavy (non-hydrogen) atoms. The molecule has 1 N–H and O–H groups in total. The molecule has 2 aliphatic rings. The molecule has 5 nitrogen and oxygen atoms in total. The molecule has 0 spiro atoms. The van der Waals surface area contributed by atoms with E-state index in [1.165, 1.54) is 19.4 Å². The summed E-state index contributed by atoms with van der Waals surface area (Å²) in [6.07, 6.45) is 3.13. The summed E-state index contributed by atoms with van der Waals surface area (Å²) < 4.78 is 0. The summed E-state index contributed by atoms with van der Waals surface area (Å²) in [6, 6.07) is 2.81. The van der Waals surface area contributed by atoms with Crippen molar-refractivity contribution < 1.29 is 4.79 Å². The number of rotatable bonds is 3. The number of pyridine rings is 1. The van der Waals surface area contributed by atoms with Gasteiger partial charge in [-0.3, -0.25) is 9.69 Å². The second-order valence-electron chi connectivity index (χ2n) is 8.82. The molecule has 0 radical (unpaired) electrons. The van der Waals surface area contributed by atoms with Crippen LogP contribution in [0, 0.1) is 19.3 Å². The van der Waals surface area contributed by atoms with Crippen LogP contribution in [-0.2, 0) is 4.79 Å². The zero-order valence-corrected chi connectivity index (χ0v) is 16.4. The maximum Gasteiger partial charge on any atom is 0.224 e. The molecule has 1 aromatic rings. The highest BCUT2D eigenvalue weighted by molar-refractivity contribution is 5.92. The van der Waals surface area contributed by atoms with Crippen molar-refractivity contribution in [2.24, 2.45) is 5.41 Å². The van der Waals surface area contributed by atoms with E-state index in [0.29, 0.717) is 12.5 Å². The van der Waals surface area contributed by atoms with Gasteiger partial charge < -0.3 is 10.2 Å². The first kappa shape index (κ1) is 18.2. The van der Waals surface area contributed by atoms with E-state index in [-0.39, 0.29) is 11.3 Å². The number of nitrogens with zero attached hydrogens (tertiary/aromatic N) is 3. The number of anilines is 2. The normalized spacial score (nSPS) is 21.3. The van der Waals surface area contributed by atoms with E-state index >= 15 is 0 Å². The predicted molar refractivity (Wildman–Crippen MR) is 103 cm³/mol. The number of aryl methyl sites for hydroxylation is 2. The molecule has 2 fully saturated rings. The molecule has 2 aliphatic heterocycles. The van der Waals surface area contributed by atoms with Crippen molar-refractivity contribution in [2.45, 2.75) is 59.9 Å². The Bertz CT molecular complexity index is 627. The molecule has 2 saturated heterocycles. The summed E-state index contributed by atoms with van der Waals surface area (Å²) in [5.41, 5.74) is 2.86. The largest absolute Gasteiger partial charge is 0.354 e. The van der Waals surface area contributed by atoms with Crippen LogP contribution < -0.4 is 10.2 Å². The molecule has 3 heterocycles. The molecule has 0 aromatic carbocycles. The average molecular weight is 345 g/mol. The van der Waals surface area contributed by atoms with Crippen LogP contribution in [0.1, 0.15) is 51.3 Å². The highest BCUT2D eigenvalue weighted by Crippen LogP contribution is 2.29. The lowest BCUT2D eigenvalue weighted by molar-refractivity contribution is -0.117. The van der Waals surface area contributed by atoms with E-state index in [9.17, 15) is 4.79 Å². The Morgan fingerprint density at radius 2 is 2.04 bits per heavy atom. The third-order valence-corrected chi connectivity index (χ3v) is 5.25. The monoisotopic (exact) mass is 344 g/mol. The van der Waals surface area contributed by atoms with Crippen LogP contribution in [0.3, 0.4) is 0 Å². The lowest BCUT2D eigenvalue weighted by Gasteiger charge is -2.38. The standard InChI is InChI=1S/C20H32N4O/c1-14-11-17(24-10-9-23-8-6-7-16(23)13-24)21-15(2)19(14)22-18(25)12-20(3,4)5/h11,16H,6-10,12-13H2,1-5H3,(H,22,25)/t16-/m0/s1. The second-order valence-corrected chi connectivity index (χ2v) is 8.82. The molecule has 0 bridgehead atoms. The minimum absolute atomic E-state index is 0.0137. The third kappa shape index (κ3) is 4.32. The van der Waals surface area contributed by atoms with E-state index in [4.69, 9.17) is 4.98 Å². The maximum absolute atomic E-state index is 12.3. The Morgan fingerprint density at radius 3 is 2.72 bits per heavy atom. The summed E-state index contributed by atoms with van der Waals surface area (Å²) in [5, 5.41) is 3.07. The van der Waals surface area contributed by atoms with Crippen LogP contribution in [-0.4, -0.2) is 48.0 Å². The van der Waals surface area contributed by atoms with Crippen molar-refractivity contribution in [3.05, 3.63) is 17.3 Å². The van der Waals surface area contributed by atoms with Gasteiger partial charge in [0.15, 0.2) is 0 Å². The number of piperazine rings is 1. The molecule has 138 valence electrons. The number of hydrogen-bond donors (Lipinski definition) is 1. The summed E-state index contributed by atoms with van der Waals surface area (Å²) >= 11 is 0. The molecule has 1 aromatic heterocycles. The Hall–Kier alpha value is -1.62. The summed E-state index contributed by atoms with van der Waals surface area (Å²) in [7, 11) is 0. The van der Waals surface area contributed by atoms with Crippen LogP contribution in [0.15, 0.2) is 6.07 Å². The fourth-order valence-corrected chi connectivity index (χ4v) is 4.03. The van der Waals surface area contributed by atoms with Crippen LogP contribution in [0.25, 0.3) is 0 Å². The van der Waals surface area contributed by atoms with Gasteiger partial charge >= 0.3 is 0 Å².